The number of nitrogens with zero attached hydrogens (tertiary/aromatic N) is 2. The predicted octanol–water partition coefficient (Wildman–Crippen LogP) is 4.10. The second-order valence-electron chi connectivity index (χ2n) is 6.67. The molecule has 0 aliphatic heterocycles. The summed E-state index contributed by atoms with van der Waals surface area (Å²) in [5.41, 5.74) is 4.46. The topological polar surface area (TPSA) is 66.9 Å². The number of benzene rings is 1. The zero-order valence-electron chi connectivity index (χ0n) is 15.3. The van der Waals surface area contributed by atoms with Gasteiger partial charge >= 0.3 is 0 Å². The number of carbonyl (C=O) groups excluding carboxylic acids is 1. The third-order valence-electron chi connectivity index (χ3n) is 3.67. The van der Waals surface area contributed by atoms with Crippen LogP contribution < -0.4 is 10.6 Å². The Hall–Kier alpha value is -2.43. The van der Waals surface area contributed by atoms with Gasteiger partial charge in [0.15, 0.2) is 0 Å². The number of carbonyl (C=O) groups is 1. The lowest BCUT2D eigenvalue weighted by atomic mass is 9.98. The molecule has 0 atom stereocenters. The van der Waals surface area contributed by atoms with Gasteiger partial charge in [0.2, 0.25) is 5.95 Å². The zero-order valence-corrected chi connectivity index (χ0v) is 15.3. The molecular weight excluding hydrogens is 300 g/mol. The summed E-state index contributed by atoms with van der Waals surface area (Å²) < 4.78 is 0. The molecule has 0 radical (unpaired) electrons. The Morgan fingerprint density at radius 3 is 2.42 bits per heavy atom. The number of rotatable bonds is 5. The van der Waals surface area contributed by atoms with Gasteiger partial charge < -0.3 is 10.6 Å². The van der Waals surface area contributed by atoms with E-state index in [-0.39, 0.29) is 11.9 Å². The minimum atomic E-state index is -0.188. The predicted molar refractivity (Wildman–Crippen MR) is 97.9 cm³/mol. The van der Waals surface area contributed by atoms with Crippen LogP contribution in [0.4, 0.5) is 11.6 Å². The molecule has 5 heteroatoms. The minimum Gasteiger partial charge on any atom is -0.349 e. The lowest BCUT2D eigenvalue weighted by molar-refractivity contribution is 0.0938. The van der Waals surface area contributed by atoms with Crippen molar-refractivity contribution in [3.8, 4) is 0 Å². The SMILES string of the molecule is Cc1cc(C(=O)NC(C)C)nc(Nc2c(C)cccc2C(C)C)n1. The van der Waals surface area contributed by atoms with Crippen LogP contribution in [0.15, 0.2) is 24.3 Å². The van der Waals surface area contributed by atoms with Crippen molar-refractivity contribution < 1.29 is 4.79 Å². The van der Waals surface area contributed by atoms with Gasteiger partial charge in [0.1, 0.15) is 5.69 Å². The lowest BCUT2D eigenvalue weighted by Crippen LogP contribution is -2.31. The van der Waals surface area contributed by atoms with Crippen molar-refractivity contribution in [2.45, 2.75) is 53.5 Å². The van der Waals surface area contributed by atoms with E-state index in [9.17, 15) is 4.79 Å². The number of hydrogen-bond acceptors (Lipinski definition) is 4. The fourth-order valence-corrected chi connectivity index (χ4v) is 2.53. The minimum absolute atomic E-state index is 0.0630. The van der Waals surface area contributed by atoms with Gasteiger partial charge in [-0.3, -0.25) is 4.79 Å². The number of aryl methyl sites for hydroxylation is 2. The molecule has 0 spiro atoms. The molecule has 1 amide bonds. The number of aromatic nitrogens is 2. The summed E-state index contributed by atoms with van der Waals surface area (Å²) in [5.74, 6) is 0.633. The molecule has 24 heavy (non-hydrogen) atoms. The first-order valence-electron chi connectivity index (χ1n) is 8.31. The fourth-order valence-electron chi connectivity index (χ4n) is 2.53. The number of hydrogen-bond donors (Lipinski definition) is 2. The van der Waals surface area contributed by atoms with Gasteiger partial charge in [-0.2, -0.15) is 0 Å². The molecule has 0 fully saturated rings. The van der Waals surface area contributed by atoms with Crippen molar-refractivity contribution >= 4 is 17.5 Å². The van der Waals surface area contributed by atoms with E-state index < -0.39 is 0 Å². The summed E-state index contributed by atoms with van der Waals surface area (Å²) in [6.45, 7) is 12.1. The smallest absolute Gasteiger partial charge is 0.270 e. The van der Waals surface area contributed by atoms with Crippen molar-refractivity contribution in [3.63, 3.8) is 0 Å². The Morgan fingerprint density at radius 1 is 1.08 bits per heavy atom. The number of nitrogens with one attached hydrogen (secondary N) is 2. The summed E-state index contributed by atoms with van der Waals surface area (Å²) in [7, 11) is 0. The van der Waals surface area contributed by atoms with Crippen molar-refractivity contribution in [3.05, 3.63) is 46.8 Å². The molecule has 2 N–H and O–H groups in total. The molecule has 1 aromatic heterocycles. The standard InChI is InChI=1S/C19H26N4O/c1-11(2)15-9-7-8-13(5)17(15)23-19-21-14(6)10-16(22-19)18(24)20-12(3)4/h7-12H,1-6H3,(H,20,24)(H,21,22,23). The Labute approximate surface area is 143 Å². The largest absolute Gasteiger partial charge is 0.349 e. The van der Waals surface area contributed by atoms with Crippen molar-refractivity contribution in [2.75, 3.05) is 5.32 Å². The monoisotopic (exact) mass is 326 g/mol. The van der Waals surface area contributed by atoms with Gasteiger partial charge in [-0.15, -0.1) is 0 Å². The average Bonchev–Trinajstić information content (AvgIpc) is 2.47. The molecule has 5 nitrogen and oxygen atoms in total. The van der Waals surface area contributed by atoms with E-state index in [0.29, 0.717) is 17.6 Å². The van der Waals surface area contributed by atoms with E-state index in [1.165, 1.54) is 5.56 Å². The molecule has 1 heterocycles. The van der Waals surface area contributed by atoms with E-state index in [0.717, 1.165) is 16.9 Å². The zero-order chi connectivity index (χ0) is 17.9. The molecule has 2 aromatic rings. The van der Waals surface area contributed by atoms with E-state index in [4.69, 9.17) is 0 Å². The Kier molecular flexibility index (Phi) is 5.54. The maximum absolute atomic E-state index is 12.2. The molecule has 0 aliphatic carbocycles. The van der Waals surface area contributed by atoms with Crippen LogP contribution in [0.5, 0.6) is 0 Å². The highest BCUT2D eigenvalue weighted by Gasteiger charge is 2.14. The van der Waals surface area contributed by atoms with E-state index >= 15 is 0 Å². The van der Waals surface area contributed by atoms with Crippen LogP contribution in [0, 0.1) is 13.8 Å². The summed E-state index contributed by atoms with van der Waals surface area (Å²) in [4.78, 5) is 21.0. The Bertz CT molecular complexity index is 738. The molecule has 0 unspecified atom stereocenters. The van der Waals surface area contributed by atoms with Crippen molar-refractivity contribution in [1.29, 1.82) is 0 Å². The number of anilines is 2. The fraction of sp³-hybridized carbons (Fsp3) is 0.421. The highest BCUT2D eigenvalue weighted by molar-refractivity contribution is 5.92. The van der Waals surface area contributed by atoms with E-state index in [2.05, 4.69) is 59.6 Å². The lowest BCUT2D eigenvalue weighted by Gasteiger charge is -2.17. The Morgan fingerprint density at radius 2 is 1.79 bits per heavy atom. The normalized spacial score (nSPS) is 11.0. The summed E-state index contributed by atoms with van der Waals surface area (Å²) in [5, 5.41) is 6.17. The Balaban J connectivity index is 2.38. The van der Waals surface area contributed by atoms with Gasteiger partial charge in [0.05, 0.1) is 0 Å². The van der Waals surface area contributed by atoms with Gasteiger partial charge in [-0.05, 0) is 50.8 Å². The maximum atomic E-state index is 12.2. The number of amides is 1. The van der Waals surface area contributed by atoms with Crippen LogP contribution >= 0.6 is 0 Å². The first kappa shape index (κ1) is 17.9. The van der Waals surface area contributed by atoms with E-state index in [1.54, 1.807) is 6.07 Å². The third-order valence-corrected chi connectivity index (χ3v) is 3.67. The molecule has 128 valence electrons. The van der Waals surface area contributed by atoms with Gasteiger partial charge in [-0.1, -0.05) is 32.0 Å². The van der Waals surface area contributed by atoms with Gasteiger partial charge in [-0.25, -0.2) is 9.97 Å². The molecule has 0 saturated heterocycles. The summed E-state index contributed by atoms with van der Waals surface area (Å²) in [6, 6.07) is 7.96. The molecular formula is C19H26N4O. The van der Waals surface area contributed by atoms with Crippen molar-refractivity contribution in [1.82, 2.24) is 15.3 Å². The third kappa shape index (κ3) is 4.31. The highest BCUT2D eigenvalue weighted by atomic mass is 16.1. The number of para-hydroxylation sites is 1. The summed E-state index contributed by atoms with van der Waals surface area (Å²) >= 11 is 0. The molecule has 0 saturated carbocycles. The first-order chi connectivity index (χ1) is 11.3. The van der Waals surface area contributed by atoms with E-state index in [1.807, 2.05) is 20.8 Å². The molecule has 0 aliphatic rings. The van der Waals surface area contributed by atoms with Gasteiger partial charge in [0, 0.05) is 17.4 Å². The second-order valence-corrected chi connectivity index (χ2v) is 6.67. The van der Waals surface area contributed by atoms with Crippen molar-refractivity contribution in [2.24, 2.45) is 0 Å². The summed E-state index contributed by atoms with van der Waals surface area (Å²) in [6.07, 6.45) is 0. The molecule has 1 aromatic carbocycles. The average molecular weight is 326 g/mol. The van der Waals surface area contributed by atoms with Gasteiger partial charge in [0.25, 0.3) is 5.91 Å². The van der Waals surface area contributed by atoms with Crippen LogP contribution in [-0.2, 0) is 0 Å². The quantitative estimate of drug-likeness (QED) is 0.868. The molecule has 0 bridgehead atoms. The first-order valence-corrected chi connectivity index (χ1v) is 8.31. The van der Waals surface area contributed by atoms with Crippen LogP contribution in [-0.4, -0.2) is 21.9 Å². The van der Waals surface area contributed by atoms with Crippen LogP contribution in [0.2, 0.25) is 0 Å². The van der Waals surface area contributed by atoms with Crippen LogP contribution in [0.1, 0.15) is 60.9 Å². The molecule has 2 rings (SSSR count). The maximum Gasteiger partial charge on any atom is 0.270 e. The van der Waals surface area contributed by atoms with Crippen LogP contribution in [0.3, 0.4) is 0 Å². The second kappa shape index (κ2) is 7.43. The van der Waals surface area contributed by atoms with Crippen LogP contribution in [0.25, 0.3) is 0 Å². The highest BCUT2D eigenvalue weighted by Crippen LogP contribution is 2.29.